The van der Waals surface area contributed by atoms with Crippen molar-refractivity contribution in [2.24, 2.45) is 5.10 Å². The number of anilines is 1. The van der Waals surface area contributed by atoms with Crippen LogP contribution in [0.15, 0.2) is 47.6 Å². The van der Waals surface area contributed by atoms with Crippen LogP contribution in [0.4, 0.5) is 10.5 Å². The number of hydrogen-bond acceptors (Lipinski definition) is 6. The average Bonchev–Trinajstić information content (AvgIpc) is 2.96. The molecular weight excluding hydrogens is 479 g/mol. The van der Waals surface area contributed by atoms with Crippen LogP contribution in [0.5, 0.6) is 5.75 Å². The maximum Gasteiger partial charge on any atom is 0.347 e. The summed E-state index contributed by atoms with van der Waals surface area (Å²) in [5, 5.41) is 20.5. The molecule has 0 radical (unpaired) electrons. The van der Waals surface area contributed by atoms with Gasteiger partial charge in [-0.25, -0.2) is 9.80 Å². The van der Waals surface area contributed by atoms with E-state index in [-0.39, 0.29) is 5.02 Å². The van der Waals surface area contributed by atoms with Gasteiger partial charge in [-0.1, -0.05) is 59.3 Å². The molecule has 0 saturated carbocycles. The Balaban J connectivity index is 1.84. The number of halogens is 2. The van der Waals surface area contributed by atoms with Crippen molar-refractivity contribution in [3.63, 3.8) is 0 Å². The lowest BCUT2D eigenvalue weighted by atomic mass is 10.1. The van der Waals surface area contributed by atoms with E-state index in [1.165, 1.54) is 22.8 Å². The first-order valence-corrected chi connectivity index (χ1v) is 11.1. The molecule has 2 N–H and O–H groups in total. The molecular formula is C20H20Cl2N4O3S2. The van der Waals surface area contributed by atoms with Crippen LogP contribution in [0.25, 0.3) is 0 Å². The summed E-state index contributed by atoms with van der Waals surface area (Å²) in [5.74, 6) is 0.637. The van der Waals surface area contributed by atoms with Crippen LogP contribution in [0.1, 0.15) is 19.4 Å². The summed E-state index contributed by atoms with van der Waals surface area (Å²) < 4.78 is 5.11. The van der Waals surface area contributed by atoms with Gasteiger partial charge >= 0.3 is 6.03 Å². The number of thioether (sulfide) groups is 1. The number of nitrogens with zero attached hydrogens (tertiary/aromatic N) is 3. The standard InChI is InChI=1S/C20H20Cl2N4O3S2/c1-20(2)17(26(28)18(27)24-13-8-9-14(21)15(22)10-13)25(19(30)31-20)23-11-12-6-4-5-7-16(12)29-3/h4-11,17,28H,1-3H3,(H,24,27)/b23-11-/t17-/m0/s1. The van der Waals surface area contributed by atoms with Crippen LogP contribution in [-0.2, 0) is 0 Å². The maximum atomic E-state index is 12.7. The highest BCUT2D eigenvalue weighted by molar-refractivity contribution is 8.24. The molecule has 1 atom stereocenters. The fraction of sp³-hybridized carbons (Fsp3) is 0.250. The molecule has 0 aromatic heterocycles. The number of para-hydroxylation sites is 1. The second-order valence-corrected chi connectivity index (χ2v) is 10.2. The largest absolute Gasteiger partial charge is 0.496 e. The Morgan fingerprint density at radius 3 is 2.71 bits per heavy atom. The summed E-state index contributed by atoms with van der Waals surface area (Å²) in [6.45, 7) is 3.73. The van der Waals surface area contributed by atoms with E-state index < -0.39 is 16.9 Å². The number of urea groups is 1. The molecule has 0 aliphatic carbocycles. The molecule has 1 aliphatic rings. The number of hydrazone groups is 1. The van der Waals surface area contributed by atoms with Crippen molar-refractivity contribution in [1.82, 2.24) is 10.1 Å². The fourth-order valence-corrected chi connectivity index (χ4v) is 5.08. The molecule has 0 bridgehead atoms. The number of methoxy groups -OCH3 is 1. The number of carbonyl (C=O) groups excluding carboxylic acids is 1. The monoisotopic (exact) mass is 498 g/mol. The molecule has 31 heavy (non-hydrogen) atoms. The zero-order valence-corrected chi connectivity index (χ0v) is 20.0. The van der Waals surface area contributed by atoms with Gasteiger partial charge in [-0.15, -0.1) is 0 Å². The molecule has 0 spiro atoms. The Morgan fingerprint density at radius 2 is 2.03 bits per heavy atom. The van der Waals surface area contributed by atoms with Gasteiger partial charge in [0.25, 0.3) is 0 Å². The van der Waals surface area contributed by atoms with Crippen molar-refractivity contribution in [1.29, 1.82) is 0 Å². The van der Waals surface area contributed by atoms with E-state index in [1.54, 1.807) is 25.5 Å². The Morgan fingerprint density at radius 1 is 1.32 bits per heavy atom. The minimum absolute atomic E-state index is 0.282. The molecule has 1 heterocycles. The van der Waals surface area contributed by atoms with E-state index in [0.29, 0.717) is 25.8 Å². The van der Waals surface area contributed by atoms with Crippen LogP contribution in [0.2, 0.25) is 10.0 Å². The number of hydroxylamine groups is 2. The molecule has 1 aliphatic heterocycles. The van der Waals surface area contributed by atoms with Crippen LogP contribution >= 0.6 is 47.2 Å². The lowest BCUT2D eigenvalue weighted by Crippen LogP contribution is -2.54. The molecule has 0 unspecified atom stereocenters. The molecule has 7 nitrogen and oxygen atoms in total. The topological polar surface area (TPSA) is 77.4 Å². The molecule has 11 heteroatoms. The third-order valence-electron chi connectivity index (χ3n) is 4.46. The van der Waals surface area contributed by atoms with E-state index in [0.717, 1.165) is 5.56 Å². The summed E-state index contributed by atoms with van der Waals surface area (Å²) in [4.78, 5) is 12.7. The first-order valence-electron chi connectivity index (χ1n) is 9.07. The highest BCUT2D eigenvalue weighted by Gasteiger charge is 2.50. The molecule has 3 rings (SSSR count). The minimum atomic E-state index is -0.862. The fourth-order valence-electron chi connectivity index (χ4n) is 2.99. The number of amides is 2. The van der Waals surface area contributed by atoms with Crippen LogP contribution in [-0.4, -0.2) is 49.9 Å². The number of hydrogen-bond donors (Lipinski definition) is 2. The molecule has 2 amide bonds. The second-order valence-electron chi connectivity index (χ2n) is 7.08. The molecule has 2 aromatic carbocycles. The summed E-state index contributed by atoms with van der Waals surface area (Å²) >= 11 is 18.7. The number of thiocarbonyl (C=S) groups is 1. The third kappa shape index (κ3) is 5.24. The smallest absolute Gasteiger partial charge is 0.347 e. The molecule has 164 valence electrons. The van der Waals surface area contributed by atoms with Gasteiger partial charge in [-0.2, -0.15) is 10.2 Å². The summed E-state index contributed by atoms with van der Waals surface area (Å²) in [5.41, 5.74) is 1.11. The summed E-state index contributed by atoms with van der Waals surface area (Å²) in [6.07, 6.45) is 0.712. The van der Waals surface area contributed by atoms with Gasteiger partial charge in [0.05, 0.1) is 28.1 Å². The van der Waals surface area contributed by atoms with Crippen molar-refractivity contribution < 1.29 is 14.7 Å². The van der Waals surface area contributed by atoms with Gasteiger partial charge in [0.15, 0.2) is 10.5 Å². The zero-order chi connectivity index (χ0) is 22.8. The predicted octanol–water partition coefficient (Wildman–Crippen LogP) is 5.70. The molecule has 1 fully saturated rings. The van der Waals surface area contributed by atoms with Gasteiger partial charge in [0, 0.05) is 11.3 Å². The number of nitrogens with one attached hydrogen (secondary N) is 1. The van der Waals surface area contributed by atoms with Crippen LogP contribution in [0.3, 0.4) is 0 Å². The SMILES string of the molecule is COc1ccccc1/C=N\N1C(=S)SC(C)(C)[C@@H]1N(O)C(=O)Nc1ccc(Cl)c(Cl)c1. The van der Waals surface area contributed by atoms with E-state index in [1.807, 2.05) is 38.1 Å². The Bertz CT molecular complexity index is 1040. The molecule has 1 saturated heterocycles. The van der Waals surface area contributed by atoms with Crippen molar-refractivity contribution in [3.05, 3.63) is 58.1 Å². The Hall–Kier alpha value is -2.04. The lowest BCUT2D eigenvalue weighted by molar-refractivity contribution is -0.114. The zero-order valence-electron chi connectivity index (χ0n) is 16.9. The maximum absolute atomic E-state index is 12.7. The number of ether oxygens (including phenoxy) is 1. The number of rotatable bonds is 5. The van der Waals surface area contributed by atoms with Crippen molar-refractivity contribution in [3.8, 4) is 5.75 Å². The van der Waals surface area contributed by atoms with Gasteiger partial charge in [-0.3, -0.25) is 5.21 Å². The predicted molar refractivity (Wildman–Crippen MR) is 130 cm³/mol. The van der Waals surface area contributed by atoms with Crippen molar-refractivity contribution in [2.45, 2.75) is 24.8 Å². The van der Waals surface area contributed by atoms with Gasteiger partial charge < -0.3 is 10.1 Å². The number of benzene rings is 2. The van der Waals surface area contributed by atoms with Crippen LogP contribution in [0, 0.1) is 0 Å². The Labute approximate surface area is 199 Å². The molecule has 2 aromatic rings. The van der Waals surface area contributed by atoms with Gasteiger partial charge in [0.2, 0.25) is 0 Å². The normalized spacial score (nSPS) is 17.8. The van der Waals surface area contributed by atoms with Gasteiger partial charge in [0.1, 0.15) is 5.75 Å². The van der Waals surface area contributed by atoms with E-state index in [4.69, 9.17) is 40.2 Å². The highest BCUT2D eigenvalue weighted by atomic mass is 35.5. The van der Waals surface area contributed by atoms with E-state index in [9.17, 15) is 10.0 Å². The average molecular weight is 499 g/mol. The lowest BCUT2D eigenvalue weighted by Gasteiger charge is -2.34. The summed E-state index contributed by atoms with van der Waals surface area (Å²) in [6, 6.07) is 11.2. The first kappa shape index (κ1) is 23.6. The van der Waals surface area contributed by atoms with Crippen molar-refractivity contribution in [2.75, 3.05) is 12.4 Å². The summed E-state index contributed by atoms with van der Waals surface area (Å²) in [7, 11) is 1.57. The quantitative estimate of drug-likeness (QED) is 0.238. The van der Waals surface area contributed by atoms with Crippen LogP contribution < -0.4 is 10.1 Å². The minimum Gasteiger partial charge on any atom is -0.496 e. The first-order chi connectivity index (χ1) is 14.6. The highest BCUT2D eigenvalue weighted by Crippen LogP contribution is 2.42. The third-order valence-corrected chi connectivity index (χ3v) is 6.74. The second kappa shape index (κ2) is 9.62. The van der Waals surface area contributed by atoms with E-state index in [2.05, 4.69) is 10.4 Å². The Kier molecular flexibility index (Phi) is 7.33. The van der Waals surface area contributed by atoms with Gasteiger partial charge in [-0.05, 0) is 44.2 Å². The van der Waals surface area contributed by atoms with E-state index >= 15 is 0 Å². The number of carbonyl (C=O) groups is 1. The van der Waals surface area contributed by atoms with Crippen molar-refractivity contribution >= 4 is 69.4 Å².